The number of halogens is 1. The summed E-state index contributed by atoms with van der Waals surface area (Å²) >= 11 is 5.85. The van der Waals surface area contributed by atoms with Crippen molar-refractivity contribution >= 4 is 27.5 Å². The third-order valence-corrected chi connectivity index (χ3v) is 6.59. The predicted molar refractivity (Wildman–Crippen MR) is 115 cm³/mol. The lowest BCUT2D eigenvalue weighted by Gasteiger charge is -2.19. The molecule has 8 heteroatoms. The molecule has 29 heavy (non-hydrogen) atoms. The van der Waals surface area contributed by atoms with Crippen LogP contribution in [-0.4, -0.2) is 39.3 Å². The van der Waals surface area contributed by atoms with Crippen molar-refractivity contribution in [1.29, 1.82) is 0 Å². The van der Waals surface area contributed by atoms with Gasteiger partial charge in [-0.2, -0.15) is 4.31 Å². The fourth-order valence-corrected chi connectivity index (χ4v) is 4.11. The molecule has 1 amide bonds. The molecule has 0 aliphatic heterocycles. The summed E-state index contributed by atoms with van der Waals surface area (Å²) in [6.07, 6.45) is 3.06. The molecule has 2 aromatic carbocycles. The van der Waals surface area contributed by atoms with Crippen LogP contribution in [0.3, 0.4) is 0 Å². The monoisotopic (exact) mass is 438 g/mol. The van der Waals surface area contributed by atoms with Gasteiger partial charge >= 0.3 is 0 Å². The molecule has 0 aromatic heterocycles. The van der Waals surface area contributed by atoms with Crippen LogP contribution in [0.15, 0.2) is 47.4 Å². The van der Waals surface area contributed by atoms with Crippen LogP contribution < -0.4 is 10.1 Å². The second kappa shape index (κ2) is 10.6. The molecule has 0 aliphatic carbocycles. The van der Waals surface area contributed by atoms with Gasteiger partial charge in [0.2, 0.25) is 10.0 Å². The van der Waals surface area contributed by atoms with Gasteiger partial charge in [0, 0.05) is 36.3 Å². The average Bonchev–Trinajstić information content (AvgIpc) is 2.71. The number of hydrogen-bond acceptors (Lipinski definition) is 4. The van der Waals surface area contributed by atoms with Crippen molar-refractivity contribution in [3.05, 3.63) is 58.6 Å². The van der Waals surface area contributed by atoms with Crippen LogP contribution in [0.1, 0.15) is 42.1 Å². The van der Waals surface area contributed by atoms with Gasteiger partial charge in [-0.3, -0.25) is 4.79 Å². The van der Waals surface area contributed by atoms with Gasteiger partial charge in [0.1, 0.15) is 5.75 Å². The molecule has 0 saturated heterocycles. The number of rotatable bonds is 10. The van der Waals surface area contributed by atoms with Gasteiger partial charge in [0.15, 0.2) is 0 Å². The molecule has 0 atom stereocenters. The quantitative estimate of drug-likeness (QED) is 0.567. The fourth-order valence-electron chi connectivity index (χ4n) is 2.83. The lowest BCUT2D eigenvalue weighted by atomic mass is 10.1. The zero-order valence-electron chi connectivity index (χ0n) is 16.9. The molecule has 0 heterocycles. The van der Waals surface area contributed by atoms with E-state index in [1.165, 1.54) is 42.7 Å². The third kappa shape index (κ3) is 6.19. The van der Waals surface area contributed by atoms with Crippen molar-refractivity contribution in [2.24, 2.45) is 0 Å². The Balaban J connectivity index is 2.19. The van der Waals surface area contributed by atoms with Gasteiger partial charge in [0.05, 0.1) is 12.0 Å². The highest BCUT2D eigenvalue weighted by atomic mass is 35.5. The summed E-state index contributed by atoms with van der Waals surface area (Å²) in [5, 5.41) is 3.35. The van der Waals surface area contributed by atoms with E-state index in [4.69, 9.17) is 16.3 Å². The standard InChI is InChI=1S/C21H27ClN2O4S/c1-4-5-6-13-23-21(25)16-7-12-20(28-3)17(14-16)15-24(2)29(26,27)19-10-8-18(22)9-11-19/h7-12,14H,4-6,13,15H2,1-3H3,(H,23,25). The number of methoxy groups -OCH3 is 1. The maximum absolute atomic E-state index is 12.8. The van der Waals surface area contributed by atoms with E-state index in [9.17, 15) is 13.2 Å². The van der Waals surface area contributed by atoms with E-state index in [2.05, 4.69) is 12.2 Å². The lowest BCUT2D eigenvalue weighted by molar-refractivity contribution is 0.0953. The van der Waals surface area contributed by atoms with Gasteiger partial charge in [-0.15, -0.1) is 0 Å². The van der Waals surface area contributed by atoms with Crippen molar-refractivity contribution in [2.45, 2.75) is 37.6 Å². The molecular formula is C21H27ClN2O4S. The highest BCUT2D eigenvalue weighted by Gasteiger charge is 2.22. The molecule has 1 N–H and O–H groups in total. The van der Waals surface area contributed by atoms with Crippen LogP contribution in [-0.2, 0) is 16.6 Å². The van der Waals surface area contributed by atoms with Gasteiger partial charge in [0.25, 0.3) is 5.91 Å². The van der Waals surface area contributed by atoms with E-state index in [1.807, 2.05) is 0 Å². The summed E-state index contributed by atoms with van der Waals surface area (Å²) in [6, 6.07) is 11.0. The van der Waals surface area contributed by atoms with Crippen LogP contribution in [0.25, 0.3) is 0 Å². The summed E-state index contributed by atoms with van der Waals surface area (Å²) in [4.78, 5) is 12.5. The SMILES string of the molecule is CCCCCNC(=O)c1ccc(OC)c(CN(C)S(=O)(=O)c2ccc(Cl)cc2)c1. The number of nitrogens with one attached hydrogen (secondary N) is 1. The first-order valence-electron chi connectivity index (χ1n) is 9.46. The first-order valence-corrected chi connectivity index (χ1v) is 11.3. The summed E-state index contributed by atoms with van der Waals surface area (Å²) in [5.41, 5.74) is 1.07. The highest BCUT2D eigenvalue weighted by Crippen LogP contribution is 2.25. The minimum absolute atomic E-state index is 0.0606. The average molecular weight is 439 g/mol. The molecule has 2 rings (SSSR count). The third-order valence-electron chi connectivity index (χ3n) is 4.52. The Morgan fingerprint density at radius 1 is 1.14 bits per heavy atom. The second-order valence-electron chi connectivity index (χ2n) is 6.70. The minimum Gasteiger partial charge on any atom is -0.496 e. The summed E-state index contributed by atoms with van der Waals surface area (Å²) in [5.74, 6) is 0.332. The summed E-state index contributed by atoms with van der Waals surface area (Å²) in [7, 11) is -0.716. The smallest absolute Gasteiger partial charge is 0.251 e. The Labute approximate surface area is 177 Å². The zero-order chi connectivity index (χ0) is 21.4. The molecule has 0 spiro atoms. The Morgan fingerprint density at radius 3 is 2.45 bits per heavy atom. The molecule has 6 nitrogen and oxygen atoms in total. The van der Waals surface area contributed by atoms with E-state index in [-0.39, 0.29) is 17.3 Å². The van der Waals surface area contributed by atoms with Gasteiger partial charge in [-0.25, -0.2) is 8.42 Å². The van der Waals surface area contributed by atoms with E-state index in [0.717, 1.165) is 19.3 Å². The largest absolute Gasteiger partial charge is 0.496 e. The maximum atomic E-state index is 12.8. The molecule has 0 bridgehead atoms. The topological polar surface area (TPSA) is 75.7 Å². The highest BCUT2D eigenvalue weighted by molar-refractivity contribution is 7.89. The van der Waals surface area contributed by atoms with Crippen LogP contribution >= 0.6 is 11.6 Å². The van der Waals surface area contributed by atoms with Crippen molar-refractivity contribution < 1.29 is 17.9 Å². The Hall–Kier alpha value is -2.09. The summed E-state index contributed by atoms with van der Waals surface area (Å²) < 4.78 is 32.2. The fraction of sp³-hybridized carbons (Fsp3) is 0.381. The van der Waals surface area contributed by atoms with Crippen molar-refractivity contribution in [3.8, 4) is 5.75 Å². The number of hydrogen-bond donors (Lipinski definition) is 1. The minimum atomic E-state index is -3.71. The number of amides is 1. The number of unbranched alkanes of at least 4 members (excludes halogenated alkanes) is 2. The molecule has 0 radical (unpaired) electrons. The molecule has 0 unspecified atom stereocenters. The number of nitrogens with zero attached hydrogens (tertiary/aromatic N) is 1. The number of carbonyl (C=O) groups is 1. The first-order chi connectivity index (χ1) is 13.8. The molecule has 0 saturated carbocycles. The van der Waals surface area contributed by atoms with Crippen LogP contribution in [0.2, 0.25) is 5.02 Å². The lowest BCUT2D eigenvalue weighted by Crippen LogP contribution is -2.27. The number of sulfonamides is 1. The molecule has 0 aliphatic rings. The van der Waals surface area contributed by atoms with E-state index < -0.39 is 10.0 Å². The Morgan fingerprint density at radius 2 is 1.83 bits per heavy atom. The molecule has 158 valence electrons. The molecular weight excluding hydrogens is 412 g/mol. The van der Waals surface area contributed by atoms with E-state index >= 15 is 0 Å². The van der Waals surface area contributed by atoms with Crippen LogP contribution in [0.5, 0.6) is 5.75 Å². The second-order valence-corrected chi connectivity index (χ2v) is 9.19. The van der Waals surface area contributed by atoms with Crippen molar-refractivity contribution in [3.63, 3.8) is 0 Å². The summed E-state index contributed by atoms with van der Waals surface area (Å²) in [6.45, 7) is 2.77. The number of ether oxygens (including phenoxy) is 1. The van der Waals surface area contributed by atoms with E-state index in [1.54, 1.807) is 18.2 Å². The molecule has 2 aromatic rings. The Kier molecular flexibility index (Phi) is 8.49. The van der Waals surface area contributed by atoms with Crippen molar-refractivity contribution in [1.82, 2.24) is 9.62 Å². The van der Waals surface area contributed by atoms with E-state index in [0.29, 0.717) is 28.4 Å². The maximum Gasteiger partial charge on any atom is 0.251 e. The normalized spacial score (nSPS) is 11.5. The van der Waals surface area contributed by atoms with Gasteiger partial charge in [-0.05, 0) is 48.9 Å². The number of carbonyl (C=O) groups excluding carboxylic acids is 1. The van der Waals surface area contributed by atoms with Crippen molar-refractivity contribution in [2.75, 3.05) is 20.7 Å². The predicted octanol–water partition coefficient (Wildman–Crippen LogP) is 4.09. The number of benzene rings is 2. The first kappa shape index (κ1) is 23.2. The molecule has 0 fully saturated rings. The van der Waals surface area contributed by atoms with Crippen LogP contribution in [0, 0.1) is 0 Å². The van der Waals surface area contributed by atoms with Gasteiger partial charge < -0.3 is 10.1 Å². The van der Waals surface area contributed by atoms with Crippen LogP contribution in [0.4, 0.5) is 0 Å². The van der Waals surface area contributed by atoms with Gasteiger partial charge in [-0.1, -0.05) is 31.4 Å². The Bertz CT molecular complexity index is 930. The zero-order valence-corrected chi connectivity index (χ0v) is 18.5.